The van der Waals surface area contributed by atoms with Gasteiger partial charge in [0.2, 0.25) is 0 Å². The molecule has 11 heteroatoms. The van der Waals surface area contributed by atoms with Crippen LogP contribution in [0.15, 0.2) is 24.3 Å². The van der Waals surface area contributed by atoms with Crippen LogP contribution in [0.5, 0.6) is 0 Å². The molecule has 122 valence electrons. The monoisotopic (exact) mass is 333 g/mol. The van der Waals surface area contributed by atoms with Gasteiger partial charge in [-0.2, -0.15) is 12.7 Å². The minimum absolute atomic E-state index is 0.0169. The number of non-ortho nitro benzene ring substituents is 1. The second kappa shape index (κ2) is 7.68. The van der Waals surface area contributed by atoms with Crippen molar-refractivity contribution < 1.29 is 28.0 Å². The van der Waals surface area contributed by atoms with Gasteiger partial charge in [-0.3, -0.25) is 10.1 Å². The van der Waals surface area contributed by atoms with E-state index in [1.54, 1.807) is 0 Å². The number of nitro groups is 1. The molecular weight excluding hydrogens is 318 g/mol. The van der Waals surface area contributed by atoms with Crippen molar-refractivity contribution in [2.75, 3.05) is 13.2 Å². The van der Waals surface area contributed by atoms with Crippen LogP contribution >= 0.6 is 0 Å². The van der Waals surface area contributed by atoms with Gasteiger partial charge >= 0.3 is 16.3 Å². The Hall–Kier alpha value is -2.24. The van der Waals surface area contributed by atoms with Gasteiger partial charge in [-0.1, -0.05) is 0 Å². The van der Waals surface area contributed by atoms with Crippen molar-refractivity contribution in [1.29, 1.82) is 0 Å². The summed E-state index contributed by atoms with van der Waals surface area (Å²) in [6, 6.07) is 5.21. The number of aliphatic hydroxyl groups excluding tert-OH is 1. The van der Waals surface area contributed by atoms with Crippen LogP contribution in [0.3, 0.4) is 0 Å². The molecule has 0 bridgehead atoms. The molecule has 1 amide bonds. The number of rotatable bonds is 7. The molecule has 0 spiro atoms. The molecule has 3 N–H and O–H groups in total. The summed E-state index contributed by atoms with van der Waals surface area (Å²) in [6.45, 7) is -0.905. The molecule has 0 aliphatic heterocycles. The van der Waals surface area contributed by atoms with Gasteiger partial charge in [0.1, 0.15) is 6.61 Å². The third kappa shape index (κ3) is 5.27. The normalized spacial score (nSPS) is 11.0. The highest BCUT2D eigenvalue weighted by Gasteiger charge is 2.24. The Balaban J connectivity index is 2.68. The highest BCUT2D eigenvalue weighted by atomic mass is 32.2. The molecule has 1 rings (SSSR count). The summed E-state index contributed by atoms with van der Waals surface area (Å²) >= 11 is 0. The van der Waals surface area contributed by atoms with Crippen molar-refractivity contribution in [3.63, 3.8) is 0 Å². The van der Waals surface area contributed by atoms with Crippen molar-refractivity contribution >= 4 is 22.0 Å². The molecule has 0 saturated carbocycles. The number of ether oxygens (including phenoxy) is 1. The molecule has 1 aromatic rings. The predicted molar refractivity (Wildman–Crippen MR) is 74.8 cm³/mol. The van der Waals surface area contributed by atoms with Crippen LogP contribution in [0.1, 0.15) is 12.0 Å². The summed E-state index contributed by atoms with van der Waals surface area (Å²) in [5.41, 5.74) is 0.319. The maximum atomic E-state index is 11.7. The number of aliphatic hydroxyl groups is 1. The standard InChI is InChI=1S/C11H15N3O7S/c12-22(19,20)13(6-1-7-15)11(16)21-8-9-2-4-10(5-3-9)14(17)18/h2-5,15H,1,6-8H2,(H2,12,19,20). The summed E-state index contributed by atoms with van der Waals surface area (Å²) in [6.07, 6.45) is -1.17. The van der Waals surface area contributed by atoms with E-state index in [1.807, 2.05) is 0 Å². The molecule has 0 atom stereocenters. The smallest absolute Gasteiger partial charge is 0.424 e. The molecule has 0 saturated heterocycles. The maximum absolute atomic E-state index is 11.7. The lowest BCUT2D eigenvalue weighted by Gasteiger charge is -2.18. The SMILES string of the molecule is NS(=O)(=O)N(CCCO)C(=O)OCc1ccc([N+](=O)[O-])cc1. The van der Waals surface area contributed by atoms with Crippen LogP contribution in [0.25, 0.3) is 0 Å². The second-order valence-electron chi connectivity index (χ2n) is 4.17. The zero-order valence-corrected chi connectivity index (χ0v) is 12.2. The molecule has 0 unspecified atom stereocenters. The third-order valence-electron chi connectivity index (χ3n) is 2.54. The lowest BCUT2D eigenvalue weighted by molar-refractivity contribution is -0.384. The van der Waals surface area contributed by atoms with Crippen molar-refractivity contribution in [2.24, 2.45) is 5.14 Å². The fraction of sp³-hybridized carbons (Fsp3) is 0.364. The van der Waals surface area contributed by atoms with Gasteiger partial charge in [-0.05, 0) is 24.1 Å². The molecule has 0 aliphatic rings. The van der Waals surface area contributed by atoms with Gasteiger partial charge in [0.05, 0.1) is 4.92 Å². The Labute approximate surface area is 126 Å². The molecule has 1 aromatic carbocycles. The van der Waals surface area contributed by atoms with Gasteiger partial charge in [-0.25, -0.2) is 9.93 Å². The fourth-order valence-electron chi connectivity index (χ4n) is 1.47. The van der Waals surface area contributed by atoms with E-state index >= 15 is 0 Å². The quantitative estimate of drug-likeness (QED) is 0.530. The number of hydrogen-bond acceptors (Lipinski definition) is 7. The van der Waals surface area contributed by atoms with Gasteiger partial charge in [-0.15, -0.1) is 0 Å². The van der Waals surface area contributed by atoms with Crippen LogP contribution in [-0.4, -0.2) is 42.0 Å². The minimum Gasteiger partial charge on any atom is -0.444 e. The highest BCUT2D eigenvalue weighted by molar-refractivity contribution is 7.87. The largest absolute Gasteiger partial charge is 0.444 e. The fourth-order valence-corrected chi connectivity index (χ4v) is 2.11. The number of nitro benzene ring substituents is 1. The summed E-state index contributed by atoms with van der Waals surface area (Å²) in [4.78, 5) is 21.6. The lowest BCUT2D eigenvalue weighted by atomic mass is 10.2. The number of carbonyl (C=O) groups is 1. The Morgan fingerprint density at radius 1 is 1.36 bits per heavy atom. The van der Waals surface area contributed by atoms with Crippen LogP contribution in [-0.2, 0) is 21.6 Å². The van der Waals surface area contributed by atoms with Crippen molar-refractivity contribution in [2.45, 2.75) is 13.0 Å². The third-order valence-corrected chi connectivity index (χ3v) is 3.49. The van der Waals surface area contributed by atoms with Crippen molar-refractivity contribution in [3.8, 4) is 0 Å². The van der Waals surface area contributed by atoms with Gasteiger partial charge in [0.15, 0.2) is 0 Å². The van der Waals surface area contributed by atoms with E-state index in [4.69, 9.17) is 15.0 Å². The second-order valence-corrected chi connectivity index (χ2v) is 5.64. The van der Waals surface area contributed by atoms with Crippen LogP contribution in [0.2, 0.25) is 0 Å². The van der Waals surface area contributed by atoms with Gasteiger partial charge in [0, 0.05) is 25.3 Å². The molecule has 22 heavy (non-hydrogen) atoms. The first-order valence-corrected chi connectivity index (χ1v) is 7.57. The molecule has 10 nitrogen and oxygen atoms in total. The first kappa shape index (κ1) is 17.8. The summed E-state index contributed by atoms with van der Waals surface area (Å²) in [7, 11) is -4.30. The number of amides is 1. The summed E-state index contributed by atoms with van der Waals surface area (Å²) in [5, 5.41) is 24.0. The molecule has 0 aliphatic carbocycles. The number of carbonyl (C=O) groups excluding carboxylic acids is 1. The van der Waals surface area contributed by atoms with Crippen molar-refractivity contribution in [3.05, 3.63) is 39.9 Å². The van der Waals surface area contributed by atoms with E-state index in [-0.39, 0.29) is 31.9 Å². The topological polar surface area (TPSA) is 153 Å². The summed E-state index contributed by atoms with van der Waals surface area (Å²) in [5.74, 6) is 0. The number of nitrogens with zero attached hydrogens (tertiary/aromatic N) is 2. The number of hydrogen-bond donors (Lipinski definition) is 2. The first-order valence-electron chi connectivity index (χ1n) is 6.07. The Morgan fingerprint density at radius 2 is 1.95 bits per heavy atom. The van der Waals surface area contributed by atoms with E-state index < -0.39 is 21.2 Å². The summed E-state index contributed by atoms with van der Waals surface area (Å²) < 4.78 is 27.6. The Bertz CT molecular complexity index is 630. The predicted octanol–water partition coefficient (Wildman–Crippen LogP) is 0.119. The van der Waals surface area contributed by atoms with E-state index in [0.29, 0.717) is 9.87 Å². The van der Waals surface area contributed by atoms with Crippen LogP contribution < -0.4 is 5.14 Å². The lowest BCUT2D eigenvalue weighted by Crippen LogP contribution is -2.42. The average Bonchev–Trinajstić information content (AvgIpc) is 2.44. The molecule has 0 heterocycles. The molecule has 0 aromatic heterocycles. The maximum Gasteiger partial charge on any atom is 0.424 e. The molecule has 0 fully saturated rings. The van der Waals surface area contributed by atoms with E-state index in [1.165, 1.54) is 24.3 Å². The minimum atomic E-state index is -4.30. The first-order chi connectivity index (χ1) is 10.3. The Morgan fingerprint density at radius 3 is 2.41 bits per heavy atom. The highest BCUT2D eigenvalue weighted by Crippen LogP contribution is 2.13. The van der Waals surface area contributed by atoms with E-state index in [2.05, 4.69) is 0 Å². The van der Waals surface area contributed by atoms with E-state index in [9.17, 15) is 23.3 Å². The van der Waals surface area contributed by atoms with Gasteiger partial charge in [0.25, 0.3) is 5.69 Å². The number of benzene rings is 1. The zero-order valence-electron chi connectivity index (χ0n) is 11.4. The molecule has 0 radical (unpaired) electrons. The van der Waals surface area contributed by atoms with Crippen LogP contribution in [0.4, 0.5) is 10.5 Å². The average molecular weight is 333 g/mol. The zero-order chi connectivity index (χ0) is 16.8. The van der Waals surface area contributed by atoms with Crippen molar-refractivity contribution in [1.82, 2.24) is 4.31 Å². The van der Waals surface area contributed by atoms with E-state index in [0.717, 1.165) is 0 Å². The molecular formula is C11H15N3O7S. The number of nitrogens with two attached hydrogens (primary N) is 1. The van der Waals surface area contributed by atoms with Crippen LogP contribution in [0, 0.1) is 10.1 Å². The Kier molecular flexibility index (Phi) is 6.22. The van der Waals surface area contributed by atoms with Gasteiger partial charge < -0.3 is 9.84 Å².